The first kappa shape index (κ1) is 11.1. The predicted octanol–water partition coefficient (Wildman–Crippen LogP) is 3.38. The minimum Gasteiger partial charge on any atom is -0.490 e. The van der Waals surface area contributed by atoms with Gasteiger partial charge in [-0.05, 0) is 24.6 Å². The molecule has 0 amide bonds. The monoisotopic (exact) mass is 256 g/mol. The Morgan fingerprint density at radius 1 is 1.50 bits per heavy atom. The van der Waals surface area contributed by atoms with Crippen LogP contribution < -0.4 is 4.74 Å². The normalized spacial score (nSPS) is 9.50. The molecule has 0 aromatic heterocycles. The molecule has 14 heavy (non-hydrogen) atoms. The maximum absolute atomic E-state index is 13.1. The van der Waals surface area contributed by atoms with E-state index in [4.69, 9.17) is 11.2 Å². The number of terminal acetylenes is 1. The summed E-state index contributed by atoms with van der Waals surface area (Å²) in [5.41, 5.74) is 0. The third-order valence-corrected chi connectivity index (χ3v) is 2.11. The summed E-state index contributed by atoms with van der Waals surface area (Å²) in [6.07, 6.45) is 6.46. The molecule has 1 aromatic carbocycles. The number of hydrogen-bond acceptors (Lipinski definition) is 1. The van der Waals surface area contributed by atoms with Crippen LogP contribution in [-0.4, -0.2) is 6.61 Å². The van der Waals surface area contributed by atoms with Gasteiger partial charge in [0, 0.05) is 10.9 Å². The number of rotatable bonds is 4. The number of ether oxygens (including phenoxy) is 1. The Balaban J connectivity index is 2.50. The zero-order valence-electron chi connectivity index (χ0n) is 7.59. The van der Waals surface area contributed by atoms with E-state index in [0.29, 0.717) is 13.0 Å². The van der Waals surface area contributed by atoms with Crippen molar-refractivity contribution in [2.45, 2.75) is 12.8 Å². The minimum absolute atomic E-state index is 0.261. The molecular formula is C11H10BrFO. The van der Waals surface area contributed by atoms with E-state index >= 15 is 0 Å². The molecule has 0 fully saturated rings. The van der Waals surface area contributed by atoms with Crippen molar-refractivity contribution in [1.29, 1.82) is 0 Å². The summed E-state index contributed by atoms with van der Waals surface area (Å²) in [6.45, 7) is 0.442. The molecule has 0 aliphatic heterocycles. The highest BCUT2D eigenvalue weighted by atomic mass is 79.9. The average Bonchev–Trinajstić information content (AvgIpc) is 2.18. The van der Waals surface area contributed by atoms with Crippen LogP contribution in [0.2, 0.25) is 0 Å². The number of halogens is 2. The van der Waals surface area contributed by atoms with Gasteiger partial charge in [0.25, 0.3) is 0 Å². The van der Waals surface area contributed by atoms with Crippen LogP contribution in [-0.2, 0) is 0 Å². The van der Waals surface area contributed by atoms with Crippen LogP contribution in [0.5, 0.6) is 5.75 Å². The molecule has 0 atom stereocenters. The molecule has 0 unspecified atom stereocenters. The lowest BCUT2D eigenvalue weighted by Gasteiger charge is -2.06. The molecule has 0 N–H and O–H groups in total. The number of hydrogen-bond donors (Lipinski definition) is 0. The zero-order valence-corrected chi connectivity index (χ0v) is 9.18. The van der Waals surface area contributed by atoms with Crippen molar-refractivity contribution in [2.24, 2.45) is 0 Å². The van der Waals surface area contributed by atoms with Crippen LogP contribution in [0.15, 0.2) is 22.7 Å². The van der Waals surface area contributed by atoms with Gasteiger partial charge >= 0.3 is 0 Å². The van der Waals surface area contributed by atoms with Crippen LogP contribution in [0.25, 0.3) is 0 Å². The van der Waals surface area contributed by atoms with Gasteiger partial charge < -0.3 is 4.74 Å². The standard InChI is InChI=1S/C11H10BrFO/c1-2-3-4-7-14-11-8-9(12)5-6-10(11)13/h1,5-6,8H,3-4,7H2. The Labute approximate surface area is 91.4 Å². The molecular weight excluding hydrogens is 247 g/mol. The molecule has 0 heterocycles. The Hall–Kier alpha value is -1.01. The van der Waals surface area contributed by atoms with Crippen molar-refractivity contribution >= 4 is 15.9 Å². The zero-order chi connectivity index (χ0) is 10.4. The van der Waals surface area contributed by atoms with Crippen LogP contribution in [0.1, 0.15) is 12.8 Å². The van der Waals surface area contributed by atoms with E-state index in [1.165, 1.54) is 6.07 Å². The second-order valence-electron chi connectivity index (χ2n) is 2.73. The van der Waals surface area contributed by atoms with Gasteiger partial charge in [-0.2, -0.15) is 0 Å². The maximum Gasteiger partial charge on any atom is 0.165 e. The fourth-order valence-corrected chi connectivity index (χ4v) is 1.28. The van der Waals surface area contributed by atoms with Crippen LogP contribution in [0.3, 0.4) is 0 Å². The van der Waals surface area contributed by atoms with E-state index in [9.17, 15) is 4.39 Å². The Morgan fingerprint density at radius 3 is 3.00 bits per heavy atom. The Bertz CT molecular complexity index is 344. The summed E-state index contributed by atoms with van der Waals surface area (Å²) >= 11 is 3.24. The predicted molar refractivity (Wildman–Crippen MR) is 57.7 cm³/mol. The fraction of sp³-hybridized carbons (Fsp3) is 0.273. The SMILES string of the molecule is C#CCCCOc1cc(Br)ccc1F. The lowest BCUT2D eigenvalue weighted by molar-refractivity contribution is 0.297. The second kappa shape index (κ2) is 5.66. The van der Waals surface area contributed by atoms with E-state index in [-0.39, 0.29) is 11.6 Å². The van der Waals surface area contributed by atoms with Crippen LogP contribution in [0, 0.1) is 18.2 Å². The van der Waals surface area contributed by atoms with Gasteiger partial charge in [0.15, 0.2) is 11.6 Å². The summed E-state index contributed by atoms with van der Waals surface area (Å²) in [7, 11) is 0. The van der Waals surface area contributed by atoms with E-state index in [0.717, 1.165) is 10.9 Å². The summed E-state index contributed by atoms with van der Waals surface area (Å²) in [4.78, 5) is 0. The third kappa shape index (κ3) is 3.39. The number of benzene rings is 1. The first-order valence-corrected chi connectivity index (χ1v) is 5.04. The second-order valence-corrected chi connectivity index (χ2v) is 3.65. The molecule has 1 aromatic rings. The molecule has 0 radical (unpaired) electrons. The summed E-state index contributed by atoms with van der Waals surface area (Å²) < 4.78 is 19.1. The third-order valence-electron chi connectivity index (χ3n) is 1.62. The average molecular weight is 257 g/mol. The van der Waals surface area contributed by atoms with E-state index in [1.54, 1.807) is 12.1 Å². The minimum atomic E-state index is -0.353. The van der Waals surface area contributed by atoms with Gasteiger partial charge in [0.2, 0.25) is 0 Å². The lowest BCUT2D eigenvalue weighted by Crippen LogP contribution is -1.98. The van der Waals surface area contributed by atoms with Crippen LogP contribution >= 0.6 is 15.9 Å². The molecule has 0 bridgehead atoms. The summed E-state index contributed by atoms with van der Waals surface area (Å²) in [5, 5.41) is 0. The van der Waals surface area contributed by atoms with E-state index < -0.39 is 0 Å². The lowest BCUT2D eigenvalue weighted by atomic mass is 10.3. The summed E-state index contributed by atoms with van der Waals surface area (Å²) in [6, 6.07) is 4.59. The van der Waals surface area contributed by atoms with Gasteiger partial charge in [-0.1, -0.05) is 15.9 Å². The smallest absolute Gasteiger partial charge is 0.165 e. The molecule has 0 aliphatic rings. The molecule has 1 nitrogen and oxygen atoms in total. The fourth-order valence-electron chi connectivity index (χ4n) is 0.944. The largest absolute Gasteiger partial charge is 0.490 e. The maximum atomic E-state index is 13.1. The molecule has 0 saturated heterocycles. The molecule has 0 spiro atoms. The van der Waals surface area contributed by atoms with Crippen molar-refractivity contribution in [1.82, 2.24) is 0 Å². The first-order valence-electron chi connectivity index (χ1n) is 4.25. The van der Waals surface area contributed by atoms with Gasteiger partial charge in [0.05, 0.1) is 6.61 Å². The van der Waals surface area contributed by atoms with E-state index in [2.05, 4.69) is 21.9 Å². The van der Waals surface area contributed by atoms with Crippen molar-refractivity contribution in [2.75, 3.05) is 6.61 Å². The topological polar surface area (TPSA) is 9.23 Å². The first-order chi connectivity index (χ1) is 6.74. The summed E-state index contributed by atoms with van der Waals surface area (Å²) in [5.74, 6) is 2.40. The van der Waals surface area contributed by atoms with Gasteiger partial charge in [-0.15, -0.1) is 12.3 Å². The molecule has 0 saturated carbocycles. The molecule has 0 aliphatic carbocycles. The quantitative estimate of drug-likeness (QED) is 0.593. The van der Waals surface area contributed by atoms with E-state index in [1.807, 2.05) is 0 Å². The van der Waals surface area contributed by atoms with Crippen molar-refractivity contribution in [3.8, 4) is 18.1 Å². The van der Waals surface area contributed by atoms with Crippen LogP contribution in [0.4, 0.5) is 4.39 Å². The Morgan fingerprint density at radius 2 is 2.29 bits per heavy atom. The molecule has 74 valence electrons. The van der Waals surface area contributed by atoms with Crippen molar-refractivity contribution in [3.63, 3.8) is 0 Å². The van der Waals surface area contributed by atoms with Gasteiger partial charge in [-0.3, -0.25) is 0 Å². The van der Waals surface area contributed by atoms with Gasteiger partial charge in [-0.25, -0.2) is 4.39 Å². The van der Waals surface area contributed by atoms with Gasteiger partial charge in [0.1, 0.15) is 0 Å². The highest BCUT2D eigenvalue weighted by molar-refractivity contribution is 9.10. The highest BCUT2D eigenvalue weighted by Gasteiger charge is 2.02. The molecule has 3 heteroatoms. The molecule has 1 rings (SSSR count). The number of unbranched alkanes of at least 4 members (excludes halogenated alkanes) is 1. The highest BCUT2D eigenvalue weighted by Crippen LogP contribution is 2.22. The van der Waals surface area contributed by atoms with Crippen molar-refractivity contribution < 1.29 is 9.13 Å². The van der Waals surface area contributed by atoms with Crippen molar-refractivity contribution in [3.05, 3.63) is 28.5 Å². The Kier molecular flexibility index (Phi) is 4.48.